The molecular formula is C9H11F3O. The van der Waals surface area contributed by atoms with Gasteiger partial charge in [-0.1, -0.05) is 12.2 Å². The third kappa shape index (κ3) is 1.47. The average Bonchev–Trinajstić information content (AvgIpc) is 2.60. The van der Waals surface area contributed by atoms with E-state index in [9.17, 15) is 13.2 Å². The van der Waals surface area contributed by atoms with E-state index in [-0.39, 0.29) is 11.8 Å². The number of aliphatic hydroxyl groups excluding tert-OH is 1. The van der Waals surface area contributed by atoms with Crippen LogP contribution in [0, 0.1) is 17.8 Å². The van der Waals surface area contributed by atoms with Gasteiger partial charge in [-0.25, -0.2) is 0 Å². The summed E-state index contributed by atoms with van der Waals surface area (Å²) in [6.45, 7) is 0. The molecule has 1 N–H and O–H groups in total. The van der Waals surface area contributed by atoms with E-state index in [0.717, 1.165) is 6.42 Å². The lowest BCUT2D eigenvalue weighted by Crippen LogP contribution is -2.37. The Kier molecular flexibility index (Phi) is 1.91. The zero-order chi connectivity index (χ0) is 9.64. The molecule has 2 aliphatic rings. The topological polar surface area (TPSA) is 20.2 Å². The molecule has 0 aromatic heterocycles. The smallest absolute Gasteiger partial charge is 0.383 e. The van der Waals surface area contributed by atoms with E-state index in [0.29, 0.717) is 6.42 Å². The molecule has 3 unspecified atom stereocenters. The number of hydrogen-bond acceptors (Lipinski definition) is 1. The summed E-state index contributed by atoms with van der Waals surface area (Å²) in [4.78, 5) is 0. The Morgan fingerprint density at radius 3 is 2.31 bits per heavy atom. The first-order valence-corrected chi connectivity index (χ1v) is 4.41. The molecule has 13 heavy (non-hydrogen) atoms. The third-order valence-electron chi connectivity index (χ3n) is 3.07. The predicted octanol–water partition coefficient (Wildman–Crippen LogP) is 2.12. The van der Waals surface area contributed by atoms with Gasteiger partial charge in [0.1, 0.15) is 0 Å². The molecule has 0 spiro atoms. The van der Waals surface area contributed by atoms with Gasteiger partial charge in [0, 0.05) is 5.92 Å². The predicted molar refractivity (Wildman–Crippen MR) is 40.9 cm³/mol. The van der Waals surface area contributed by atoms with Crippen LogP contribution in [0.4, 0.5) is 13.2 Å². The second-order valence-corrected chi connectivity index (χ2v) is 3.93. The van der Waals surface area contributed by atoms with Crippen molar-refractivity contribution < 1.29 is 18.3 Å². The molecule has 0 aromatic carbocycles. The lowest BCUT2D eigenvalue weighted by molar-refractivity contribution is -0.221. The summed E-state index contributed by atoms with van der Waals surface area (Å²) in [5, 5.41) is 9.05. The fourth-order valence-electron chi connectivity index (χ4n) is 2.43. The van der Waals surface area contributed by atoms with Crippen LogP contribution in [0.1, 0.15) is 12.8 Å². The van der Waals surface area contributed by atoms with Crippen molar-refractivity contribution in [2.75, 3.05) is 0 Å². The Labute approximate surface area is 74.2 Å². The Hall–Kier alpha value is -0.510. The van der Waals surface area contributed by atoms with E-state index >= 15 is 0 Å². The van der Waals surface area contributed by atoms with Gasteiger partial charge < -0.3 is 5.11 Å². The molecule has 0 heterocycles. The van der Waals surface area contributed by atoms with Crippen molar-refractivity contribution in [1.82, 2.24) is 0 Å². The number of alkyl halides is 3. The highest BCUT2D eigenvalue weighted by atomic mass is 19.4. The second-order valence-electron chi connectivity index (χ2n) is 3.93. The van der Waals surface area contributed by atoms with Crippen molar-refractivity contribution in [3.63, 3.8) is 0 Å². The highest BCUT2D eigenvalue weighted by Gasteiger charge is 2.50. The van der Waals surface area contributed by atoms with Crippen LogP contribution in [0.5, 0.6) is 0 Å². The summed E-state index contributed by atoms with van der Waals surface area (Å²) in [5.74, 6) is -0.386. The summed E-state index contributed by atoms with van der Waals surface area (Å²) in [7, 11) is 0. The van der Waals surface area contributed by atoms with Crippen LogP contribution < -0.4 is 0 Å². The van der Waals surface area contributed by atoms with Crippen molar-refractivity contribution in [1.29, 1.82) is 0 Å². The number of rotatable bonds is 1. The van der Waals surface area contributed by atoms with Crippen LogP contribution in [0.25, 0.3) is 0 Å². The Balaban J connectivity index is 2.07. The van der Waals surface area contributed by atoms with E-state index in [2.05, 4.69) is 0 Å². The van der Waals surface area contributed by atoms with E-state index in [4.69, 9.17) is 5.11 Å². The number of halogens is 3. The summed E-state index contributed by atoms with van der Waals surface area (Å²) < 4.78 is 36.5. The molecule has 2 aliphatic carbocycles. The van der Waals surface area contributed by atoms with Gasteiger partial charge in [-0.15, -0.1) is 0 Å². The summed E-state index contributed by atoms with van der Waals surface area (Å²) in [6, 6.07) is 0. The maximum atomic E-state index is 12.2. The van der Waals surface area contributed by atoms with Crippen molar-refractivity contribution >= 4 is 0 Å². The van der Waals surface area contributed by atoms with Gasteiger partial charge in [-0.3, -0.25) is 0 Å². The maximum Gasteiger partial charge on any atom is 0.414 e. The number of fused-ring (bicyclic) bond motifs is 2. The molecule has 1 fully saturated rings. The minimum Gasteiger partial charge on any atom is -0.383 e. The lowest BCUT2D eigenvalue weighted by Gasteiger charge is -2.25. The summed E-state index contributed by atoms with van der Waals surface area (Å²) in [5.41, 5.74) is 0. The zero-order valence-corrected chi connectivity index (χ0v) is 6.96. The van der Waals surface area contributed by atoms with Gasteiger partial charge in [-0.2, -0.15) is 13.2 Å². The molecule has 0 amide bonds. The van der Waals surface area contributed by atoms with Gasteiger partial charge in [-0.05, 0) is 24.7 Å². The van der Waals surface area contributed by atoms with Crippen LogP contribution in [0.15, 0.2) is 12.2 Å². The molecule has 1 nitrogen and oxygen atoms in total. The first kappa shape index (κ1) is 9.06. The fraction of sp³-hybridized carbons (Fsp3) is 0.778. The highest BCUT2D eigenvalue weighted by Crippen LogP contribution is 2.47. The number of aliphatic hydroxyl groups is 1. The van der Waals surface area contributed by atoms with Crippen LogP contribution in [-0.2, 0) is 0 Å². The van der Waals surface area contributed by atoms with Crippen LogP contribution in [0.2, 0.25) is 0 Å². The van der Waals surface area contributed by atoms with Gasteiger partial charge >= 0.3 is 6.18 Å². The maximum absolute atomic E-state index is 12.2. The summed E-state index contributed by atoms with van der Waals surface area (Å²) >= 11 is 0. The molecule has 0 radical (unpaired) electrons. The van der Waals surface area contributed by atoms with E-state index in [1.165, 1.54) is 0 Å². The first-order chi connectivity index (χ1) is 5.98. The largest absolute Gasteiger partial charge is 0.414 e. The monoisotopic (exact) mass is 192 g/mol. The SMILES string of the molecule is O[C@H](C1CC2C=CC1C2)C(F)(F)F. The lowest BCUT2D eigenvalue weighted by atomic mass is 9.88. The molecule has 1 saturated carbocycles. The molecule has 0 saturated heterocycles. The highest BCUT2D eigenvalue weighted by molar-refractivity contribution is 5.11. The molecule has 4 heteroatoms. The minimum absolute atomic E-state index is 0.0541. The second kappa shape index (κ2) is 2.74. The van der Waals surface area contributed by atoms with Gasteiger partial charge in [0.25, 0.3) is 0 Å². The van der Waals surface area contributed by atoms with E-state index < -0.39 is 18.2 Å². The third-order valence-corrected chi connectivity index (χ3v) is 3.07. The average molecular weight is 192 g/mol. The van der Waals surface area contributed by atoms with Crippen LogP contribution in [-0.4, -0.2) is 17.4 Å². The Bertz CT molecular complexity index is 234. The van der Waals surface area contributed by atoms with Crippen LogP contribution >= 0.6 is 0 Å². The molecule has 0 aromatic rings. The quantitative estimate of drug-likeness (QED) is 0.631. The molecular weight excluding hydrogens is 181 g/mol. The number of hydrogen-bond donors (Lipinski definition) is 1. The van der Waals surface area contributed by atoms with Gasteiger partial charge in [0.2, 0.25) is 0 Å². The van der Waals surface area contributed by atoms with Gasteiger partial charge in [0.15, 0.2) is 6.10 Å². The van der Waals surface area contributed by atoms with E-state index in [1.54, 1.807) is 0 Å². The van der Waals surface area contributed by atoms with Crippen molar-refractivity contribution in [2.24, 2.45) is 17.8 Å². The van der Waals surface area contributed by atoms with Crippen molar-refractivity contribution in [2.45, 2.75) is 25.1 Å². The molecule has 4 atom stereocenters. The normalized spacial score (nSPS) is 39.8. The molecule has 2 rings (SSSR count). The first-order valence-electron chi connectivity index (χ1n) is 4.41. The van der Waals surface area contributed by atoms with Crippen molar-refractivity contribution in [3.8, 4) is 0 Å². The Morgan fingerprint density at radius 1 is 1.23 bits per heavy atom. The Morgan fingerprint density at radius 2 is 1.92 bits per heavy atom. The van der Waals surface area contributed by atoms with Crippen molar-refractivity contribution in [3.05, 3.63) is 12.2 Å². The van der Waals surface area contributed by atoms with Crippen LogP contribution in [0.3, 0.4) is 0 Å². The van der Waals surface area contributed by atoms with E-state index in [1.807, 2.05) is 12.2 Å². The molecule has 2 bridgehead atoms. The summed E-state index contributed by atoms with van der Waals surface area (Å²) in [6.07, 6.45) is -1.53. The number of allylic oxidation sites excluding steroid dienone is 2. The molecule has 74 valence electrons. The standard InChI is InChI=1S/C9H11F3O/c10-9(11,12)8(13)7-4-5-1-2-6(7)3-5/h1-2,5-8,13H,3-4H2/t5?,6?,7?,8-/m1/s1. The molecule has 0 aliphatic heterocycles. The van der Waals surface area contributed by atoms with Gasteiger partial charge in [0.05, 0.1) is 0 Å². The zero-order valence-electron chi connectivity index (χ0n) is 6.96. The minimum atomic E-state index is -4.46. The fourth-order valence-corrected chi connectivity index (χ4v) is 2.43.